The van der Waals surface area contributed by atoms with Gasteiger partial charge in [-0.1, -0.05) is 35.9 Å². The maximum absolute atomic E-state index is 13.4. The lowest BCUT2D eigenvalue weighted by Crippen LogP contribution is -2.27. The van der Waals surface area contributed by atoms with Crippen LogP contribution >= 0.6 is 11.6 Å². The number of carbonyl (C=O) groups excluding carboxylic acids is 2. The predicted octanol–water partition coefficient (Wildman–Crippen LogP) is 5.65. The molecule has 13 nitrogen and oxygen atoms in total. The van der Waals surface area contributed by atoms with Crippen LogP contribution in [0.3, 0.4) is 0 Å². The van der Waals surface area contributed by atoms with Crippen molar-refractivity contribution in [1.82, 2.24) is 24.4 Å². The van der Waals surface area contributed by atoms with Crippen LogP contribution in [-0.2, 0) is 26.6 Å². The summed E-state index contributed by atoms with van der Waals surface area (Å²) in [6, 6.07) is 15.5. The molecule has 0 bridgehead atoms. The molecule has 14 heteroatoms. The highest BCUT2D eigenvalue weighted by Crippen LogP contribution is 2.38. The van der Waals surface area contributed by atoms with Gasteiger partial charge in [-0.3, -0.25) is 14.6 Å². The quantitative estimate of drug-likeness (QED) is 0.144. The number of nitrogens with one attached hydrogen (secondary N) is 3. The van der Waals surface area contributed by atoms with E-state index in [1.807, 2.05) is 49.9 Å². The van der Waals surface area contributed by atoms with Crippen LogP contribution in [0.15, 0.2) is 67.0 Å². The van der Waals surface area contributed by atoms with Crippen molar-refractivity contribution in [3.63, 3.8) is 0 Å². The van der Waals surface area contributed by atoms with Crippen LogP contribution in [0.1, 0.15) is 54.1 Å². The third-order valence-corrected chi connectivity index (χ3v) is 9.03. The van der Waals surface area contributed by atoms with E-state index in [9.17, 15) is 19.5 Å². The predicted molar refractivity (Wildman–Crippen MR) is 190 cm³/mol. The molecule has 256 valence electrons. The molecule has 2 aromatic carbocycles. The molecule has 4 N–H and O–H groups in total. The van der Waals surface area contributed by atoms with Gasteiger partial charge >= 0.3 is 5.97 Å². The van der Waals surface area contributed by atoms with Gasteiger partial charge in [0.05, 0.1) is 23.5 Å². The summed E-state index contributed by atoms with van der Waals surface area (Å²) < 4.78 is 7.38. The molecule has 0 saturated heterocycles. The number of anilines is 3. The zero-order valence-electron chi connectivity index (χ0n) is 27.9. The first-order valence-electron chi connectivity index (χ1n) is 15.7. The number of rotatable bonds is 10. The van der Waals surface area contributed by atoms with Gasteiger partial charge < -0.3 is 35.3 Å². The number of likely N-dealkylation sites (N-methyl/N-ethyl adjacent to an activating group) is 1. The van der Waals surface area contributed by atoms with Crippen molar-refractivity contribution in [2.24, 2.45) is 7.05 Å². The van der Waals surface area contributed by atoms with Crippen LogP contribution in [0.5, 0.6) is 5.75 Å². The third kappa shape index (κ3) is 7.00. The summed E-state index contributed by atoms with van der Waals surface area (Å²) in [5.74, 6) is -1.17. The Labute approximate surface area is 293 Å². The molecule has 1 aliphatic heterocycles. The smallest absolute Gasteiger partial charge is 0.354 e. The number of fused-ring (bicyclic) bond motifs is 1. The molecule has 0 saturated carbocycles. The average Bonchev–Trinajstić information content (AvgIpc) is 3.44. The number of ether oxygens (including phenoxy) is 1. The number of carboxylic acids is 1. The number of hydrogen-bond acceptors (Lipinski definition) is 9. The summed E-state index contributed by atoms with van der Waals surface area (Å²) in [5, 5.41) is 18.6. The summed E-state index contributed by atoms with van der Waals surface area (Å²) in [5.41, 5.74) is 6.45. The lowest BCUT2D eigenvalue weighted by Gasteiger charge is -2.21. The van der Waals surface area contributed by atoms with Crippen molar-refractivity contribution < 1.29 is 24.2 Å². The first-order valence-corrected chi connectivity index (χ1v) is 16.1. The molecule has 0 spiro atoms. The zero-order chi connectivity index (χ0) is 35.5. The molecule has 6 rings (SSSR count). The van der Waals surface area contributed by atoms with Gasteiger partial charge in [-0.15, -0.1) is 0 Å². The molecule has 3 aromatic heterocycles. The van der Waals surface area contributed by atoms with Crippen molar-refractivity contribution in [2.45, 2.75) is 26.4 Å². The maximum Gasteiger partial charge on any atom is 0.354 e. The monoisotopic (exact) mass is 694 g/mol. The van der Waals surface area contributed by atoms with Gasteiger partial charge in [0.1, 0.15) is 17.1 Å². The van der Waals surface area contributed by atoms with Gasteiger partial charge in [0.2, 0.25) is 0 Å². The third-order valence-electron chi connectivity index (χ3n) is 8.63. The number of pyridine rings is 2. The fourth-order valence-electron chi connectivity index (χ4n) is 5.89. The molecule has 0 atom stereocenters. The minimum atomic E-state index is -1.13. The fourth-order valence-corrected chi connectivity index (χ4v) is 6.17. The summed E-state index contributed by atoms with van der Waals surface area (Å²) in [7, 11) is 5.38. The van der Waals surface area contributed by atoms with Crippen molar-refractivity contribution in [1.29, 1.82) is 0 Å². The SMILES string of the molecule is COc1cc(C(=O)Nc2cccc(-c3cccc(NC(=O)c4nc5c(n4C)CCN(C)C5)c3Cl)c2C)ncc1CNc1ccnc(C(=O)O)c1. The summed E-state index contributed by atoms with van der Waals surface area (Å²) in [4.78, 5) is 52.9. The number of carbonyl (C=O) groups is 3. The van der Waals surface area contributed by atoms with Crippen molar-refractivity contribution in [2.75, 3.05) is 36.7 Å². The Bertz CT molecular complexity index is 2130. The summed E-state index contributed by atoms with van der Waals surface area (Å²) in [6.45, 7) is 3.74. The normalized spacial score (nSPS) is 12.6. The Balaban J connectivity index is 1.18. The van der Waals surface area contributed by atoms with E-state index in [0.29, 0.717) is 51.3 Å². The number of methoxy groups -OCH3 is 1. The van der Waals surface area contributed by atoms with Crippen LogP contribution in [0.2, 0.25) is 5.02 Å². The second kappa shape index (κ2) is 14.4. The highest BCUT2D eigenvalue weighted by Gasteiger charge is 2.25. The first kappa shape index (κ1) is 34.1. The number of aromatic nitrogens is 4. The van der Waals surface area contributed by atoms with E-state index < -0.39 is 11.9 Å². The average molecular weight is 695 g/mol. The van der Waals surface area contributed by atoms with E-state index in [-0.39, 0.29) is 23.8 Å². The molecule has 50 heavy (non-hydrogen) atoms. The van der Waals surface area contributed by atoms with E-state index in [1.54, 1.807) is 24.3 Å². The van der Waals surface area contributed by atoms with E-state index in [4.69, 9.17) is 16.3 Å². The van der Waals surface area contributed by atoms with Crippen molar-refractivity contribution in [3.05, 3.63) is 112 Å². The van der Waals surface area contributed by atoms with Crippen LogP contribution in [-0.4, -0.2) is 68.0 Å². The molecule has 0 aliphatic carbocycles. The van der Waals surface area contributed by atoms with Crippen LogP contribution in [0, 0.1) is 6.92 Å². The largest absolute Gasteiger partial charge is 0.496 e. The minimum Gasteiger partial charge on any atom is -0.496 e. The number of halogens is 1. The highest BCUT2D eigenvalue weighted by molar-refractivity contribution is 6.36. The molecular formula is C36H35ClN8O5. The van der Waals surface area contributed by atoms with E-state index in [2.05, 4.69) is 35.8 Å². The van der Waals surface area contributed by atoms with E-state index in [0.717, 1.165) is 35.5 Å². The lowest BCUT2D eigenvalue weighted by molar-refractivity contribution is 0.0690. The number of imidazole rings is 1. The molecule has 0 radical (unpaired) electrons. The number of nitrogens with zero attached hydrogens (tertiary/aromatic N) is 5. The molecule has 2 amide bonds. The fraction of sp³-hybridized carbons (Fsp3) is 0.222. The number of hydrogen-bond donors (Lipinski definition) is 4. The first-order chi connectivity index (χ1) is 24.0. The summed E-state index contributed by atoms with van der Waals surface area (Å²) >= 11 is 6.90. The Morgan fingerprint density at radius 3 is 2.46 bits per heavy atom. The van der Waals surface area contributed by atoms with Gasteiger partial charge in [0.15, 0.2) is 5.82 Å². The van der Waals surface area contributed by atoms with Crippen molar-refractivity contribution >= 4 is 46.4 Å². The Hall–Kier alpha value is -5.79. The molecule has 5 aromatic rings. The minimum absolute atomic E-state index is 0.0833. The van der Waals surface area contributed by atoms with Gasteiger partial charge in [0, 0.05) is 79.8 Å². The van der Waals surface area contributed by atoms with Crippen molar-refractivity contribution in [3.8, 4) is 16.9 Å². The van der Waals surface area contributed by atoms with Crippen LogP contribution < -0.4 is 20.7 Å². The Morgan fingerprint density at radius 1 is 0.960 bits per heavy atom. The number of carboxylic acid groups (broad SMARTS) is 1. The van der Waals surface area contributed by atoms with Gasteiger partial charge in [0.25, 0.3) is 11.8 Å². The van der Waals surface area contributed by atoms with Gasteiger partial charge in [-0.25, -0.2) is 14.8 Å². The van der Waals surface area contributed by atoms with E-state index in [1.165, 1.54) is 25.6 Å². The second-order valence-electron chi connectivity index (χ2n) is 11.9. The standard InChI is InChI=1S/C36H35ClN8O5/c1-20-23(24-8-6-10-26(32(24)37)43-35(47)33-41-29-19-44(2)14-12-30(29)45(33)3)7-5-9-25(20)42-34(46)27-16-31(50-4)21(18-40-27)17-39-22-11-13-38-28(15-22)36(48)49/h5-11,13,15-16,18H,12,14,17,19H2,1-4H3,(H,38,39)(H,42,46)(H,43,47)(H,48,49). The number of benzene rings is 2. The van der Waals surface area contributed by atoms with Crippen LogP contribution in [0.25, 0.3) is 11.1 Å². The second-order valence-corrected chi connectivity index (χ2v) is 12.3. The Morgan fingerprint density at radius 2 is 1.70 bits per heavy atom. The van der Waals surface area contributed by atoms with E-state index >= 15 is 0 Å². The molecule has 0 fully saturated rings. The summed E-state index contributed by atoms with van der Waals surface area (Å²) in [6.07, 6.45) is 3.76. The topological polar surface area (TPSA) is 164 Å². The molecular weight excluding hydrogens is 660 g/mol. The molecule has 1 aliphatic rings. The molecule has 0 unspecified atom stereocenters. The maximum atomic E-state index is 13.4. The highest BCUT2D eigenvalue weighted by atomic mass is 35.5. The lowest BCUT2D eigenvalue weighted by atomic mass is 9.98. The number of aromatic carboxylic acids is 1. The molecule has 4 heterocycles. The zero-order valence-corrected chi connectivity index (χ0v) is 28.6. The van der Waals surface area contributed by atoms with Gasteiger partial charge in [-0.2, -0.15) is 0 Å². The number of amides is 2. The Kier molecular flexibility index (Phi) is 9.79. The van der Waals surface area contributed by atoms with Gasteiger partial charge in [-0.05, 0) is 49.4 Å². The van der Waals surface area contributed by atoms with Crippen LogP contribution in [0.4, 0.5) is 17.1 Å².